The van der Waals surface area contributed by atoms with Crippen LogP contribution in [0.25, 0.3) is 11.0 Å². The third kappa shape index (κ3) is 2.41. The van der Waals surface area contributed by atoms with Crippen molar-refractivity contribution in [1.82, 2.24) is 19.4 Å². The van der Waals surface area contributed by atoms with Crippen LogP contribution in [0.5, 0.6) is 0 Å². The summed E-state index contributed by atoms with van der Waals surface area (Å²) in [6.07, 6.45) is 2.39. The van der Waals surface area contributed by atoms with Gasteiger partial charge in [-0.15, -0.1) is 0 Å². The van der Waals surface area contributed by atoms with Gasteiger partial charge in [0.05, 0.1) is 16.4 Å². The molecule has 1 aromatic carbocycles. The molecule has 1 spiro atoms. The first-order valence-corrected chi connectivity index (χ1v) is 8.94. The monoisotopic (exact) mass is 354 g/mol. The number of rotatable bonds is 1. The van der Waals surface area contributed by atoms with Crippen molar-refractivity contribution in [1.29, 1.82) is 0 Å². The van der Waals surface area contributed by atoms with Gasteiger partial charge in [0, 0.05) is 33.7 Å². The summed E-state index contributed by atoms with van der Waals surface area (Å²) >= 11 is 0. The van der Waals surface area contributed by atoms with Gasteiger partial charge in [0.2, 0.25) is 5.91 Å². The van der Waals surface area contributed by atoms with E-state index in [1.165, 1.54) is 4.57 Å². The third-order valence-electron chi connectivity index (χ3n) is 5.78. The number of aromatic nitrogens is 2. The van der Waals surface area contributed by atoms with Crippen LogP contribution in [-0.4, -0.2) is 57.8 Å². The van der Waals surface area contributed by atoms with Gasteiger partial charge in [0.15, 0.2) is 5.69 Å². The van der Waals surface area contributed by atoms with E-state index in [0.717, 1.165) is 19.4 Å². The Morgan fingerprint density at radius 3 is 2.69 bits per heavy atom. The Morgan fingerprint density at radius 1 is 1.12 bits per heavy atom. The number of hydrogen-bond acceptors (Lipinski definition) is 4. The van der Waals surface area contributed by atoms with Gasteiger partial charge in [-0.3, -0.25) is 14.4 Å². The second-order valence-electron chi connectivity index (χ2n) is 7.40. The first-order valence-electron chi connectivity index (χ1n) is 8.94. The van der Waals surface area contributed by atoms with Crippen LogP contribution in [0.15, 0.2) is 29.1 Å². The van der Waals surface area contributed by atoms with E-state index in [9.17, 15) is 14.4 Å². The van der Waals surface area contributed by atoms with Gasteiger partial charge in [-0.2, -0.15) is 0 Å². The van der Waals surface area contributed by atoms with Crippen molar-refractivity contribution in [3.05, 3.63) is 40.3 Å². The molecule has 1 aromatic heterocycles. The molecule has 3 heterocycles. The molecule has 2 fully saturated rings. The highest BCUT2D eigenvalue weighted by molar-refractivity contribution is 5.95. The van der Waals surface area contributed by atoms with Crippen LogP contribution in [-0.2, 0) is 11.8 Å². The highest BCUT2D eigenvalue weighted by Crippen LogP contribution is 2.39. The van der Waals surface area contributed by atoms with Crippen molar-refractivity contribution in [2.75, 3.05) is 26.7 Å². The Balaban J connectivity index is 1.67. The summed E-state index contributed by atoms with van der Waals surface area (Å²) in [6.45, 7) is 1.62. The van der Waals surface area contributed by atoms with E-state index in [-0.39, 0.29) is 17.5 Å². The van der Waals surface area contributed by atoms with E-state index in [1.807, 2.05) is 19.2 Å². The van der Waals surface area contributed by atoms with Crippen molar-refractivity contribution in [2.24, 2.45) is 12.5 Å². The van der Waals surface area contributed by atoms with Gasteiger partial charge in [0.1, 0.15) is 0 Å². The van der Waals surface area contributed by atoms with Gasteiger partial charge in [-0.25, -0.2) is 4.98 Å². The fraction of sp³-hybridized carbons (Fsp3) is 0.474. The highest BCUT2D eigenvalue weighted by Gasteiger charge is 2.49. The maximum absolute atomic E-state index is 13.0. The predicted molar refractivity (Wildman–Crippen MR) is 96.8 cm³/mol. The molecule has 0 aliphatic carbocycles. The van der Waals surface area contributed by atoms with Gasteiger partial charge in [0.25, 0.3) is 11.5 Å². The molecular weight excluding hydrogens is 332 g/mol. The SMILES string of the molecule is CN1CCC[C@@]2(CCN(C(=O)c3nc4ccccc4n(C)c3=O)C2)C1=O. The molecule has 2 amide bonds. The minimum absolute atomic E-state index is 0.0696. The van der Waals surface area contributed by atoms with Crippen molar-refractivity contribution >= 4 is 22.8 Å². The van der Waals surface area contributed by atoms with Crippen molar-refractivity contribution in [2.45, 2.75) is 19.3 Å². The molecule has 0 saturated carbocycles. The molecule has 0 N–H and O–H groups in total. The average molecular weight is 354 g/mol. The summed E-state index contributed by atoms with van der Waals surface area (Å²) < 4.78 is 1.46. The molecule has 0 unspecified atom stereocenters. The van der Waals surface area contributed by atoms with E-state index < -0.39 is 11.0 Å². The standard InChI is InChI=1S/C19H22N4O3/c1-21-10-5-8-19(18(21)26)9-11-23(12-19)17(25)15-16(24)22(2)14-7-4-3-6-13(14)20-15/h3-4,6-7H,5,8-12H2,1-2H3/t19-/m0/s1. The van der Waals surface area contributed by atoms with E-state index >= 15 is 0 Å². The number of fused-ring (bicyclic) bond motifs is 1. The summed E-state index contributed by atoms with van der Waals surface area (Å²) in [5, 5.41) is 0. The fourth-order valence-corrected chi connectivity index (χ4v) is 4.26. The fourth-order valence-electron chi connectivity index (χ4n) is 4.26. The van der Waals surface area contributed by atoms with Crippen LogP contribution in [0.2, 0.25) is 0 Å². The van der Waals surface area contributed by atoms with Crippen molar-refractivity contribution in [3.63, 3.8) is 0 Å². The summed E-state index contributed by atoms with van der Waals surface area (Å²) in [5.74, 6) is -0.271. The summed E-state index contributed by atoms with van der Waals surface area (Å²) in [6, 6.07) is 7.26. The van der Waals surface area contributed by atoms with Crippen molar-refractivity contribution in [3.8, 4) is 0 Å². The lowest BCUT2D eigenvalue weighted by Gasteiger charge is -2.37. The Morgan fingerprint density at radius 2 is 1.88 bits per heavy atom. The zero-order valence-electron chi connectivity index (χ0n) is 15.1. The number of aryl methyl sites for hydroxylation is 1. The summed E-state index contributed by atoms with van der Waals surface area (Å²) in [4.78, 5) is 46.0. The second-order valence-corrected chi connectivity index (χ2v) is 7.40. The molecule has 1 atom stereocenters. The van der Waals surface area contributed by atoms with Crippen LogP contribution >= 0.6 is 0 Å². The van der Waals surface area contributed by atoms with Gasteiger partial charge in [-0.1, -0.05) is 12.1 Å². The van der Waals surface area contributed by atoms with E-state index in [1.54, 1.807) is 29.0 Å². The number of carbonyl (C=O) groups is 2. The molecule has 2 saturated heterocycles. The summed E-state index contributed by atoms with van der Waals surface area (Å²) in [5.41, 5.74) is 0.336. The van der Waals surface area contributed by atoms with E-state index in [2.05, 4.69) is 4.98 Å². The van der Waals surface area contributed by atoms with Crippen LogP contribution in [0.1, 0.15) is 29.8 Å². The highest BCUT2D eigenvalue weighted by atomic mass is 16.2. The minimum atomic E-state index is -0.495. The lowest BCUT2D eigenvalue weighted by molar-refractivity contribution is -0.143. The molecule has 2 aliphatic rings. The first kappa shape index (κ1) is 16.8. The first-order chi connectivity index (χ1) is 12.4. The number of piperidine rings is 1. The molecule has 2 aromatic rings. The number of para-hydroxylation sites is 2. The molecule has 26 heavy (non-hydrogen) atoms. The third-order valence-corrected chi connectivity index (χ3v) is 5.78. The normalized spacial score (nSPS) is 23.2. The largest absolute Gasteiger partial charge is 0.345 e. The molecule has 2 aliphatic heterocycles. The van der Waals surface area contributed by atoms with Gasteiger partial charge >= 0.3 is 0 Å². The van der Waals surface area contributed by atoms with E-state index in [0.29, 0.717) is 30.5 Å². The molecule has 4 rings (SSSR count). The van der Waals surface area contributed by atoms with Crippen LogP contribution in [0, 0.1) is 5.41 Å². The number of benzene rings is 1. The Bertz CT molecular complexity index is 967. The quantitative estimate of drug-likeness (QED) is 0.766. The van der Waals surface area contributed by atoms with Crippen LogP contribution in [0.3, 0.4) is 0 Å². The van der Waals surface area contributed by atoms with E-state index in [4.69, 9.17) is 0 Å². The number of amides is 2. The number of nitrogens with zero attached hydrogens (tertiary/aromatic N) is 4. The Labute approximate surface area is 151 Å². The Kier molecular flexibility index (Phi) is 3.82. The second kappa shape index (κ2) is 5.93. The number of carbonyl (C=O) groups excluding carboxylic acids is 2. The molecule has 7 heteroatoms. The van der Waals surface area contributed by atoms with Crippen LogP contribution < -0.4 is 5.56 Å². The van der Waals surface area contributed by atoms with Gasteiger partial charge < -0.3 is 14.4 Å². The maximum atomic E-state index is 13.0. The average Bonchev–Trinajstić information content (AvgIpc) is 3.07. The summed E-state index contributed by atoms with van der Waals surface area (Å²) in [7, 11) is 3.46. The smallest absolute Gasteiger partial charge is 0.282 e. The van der Waals surface area contributed by atoms with Gasteiger partial charge in [-0.05, 0) is 31.4 Å². The molecule has 0 radical (unpaired) electrons. The number of likely N-dealkylation sites (tertiary alicyclic amines) is 2. The predicted octanol–water partition coefficient (Wildman–Crippen LogP) is 1.02. The molecule has 136 valence electrons. The molecule has 0 bridgehead atoms. The lowest BCUT2D eigenvalue weighted by Crippen LogP contribution is -2.49. The minimum Gasteiger partial charge on any atom is -0.345 e. The zero-order chi connectivity index (χ0) is 18.5. The van der Waals surface area contributed by atoms with Crippen molar-refractivity contribution < 1.29 is 9.59 Å². The number of hydrogen-bond donors (Lipinski definition) is 0. The Hall–Kier alpha value is -2.70. The maximum Gasteiger partial charge on any atom is 0.282 e. The lowest BCUT2D eigenvalue weighted by atomic mass is 9.78. The topological polar surface area (TPSA) is 75.5 Å². The molecular formula is C19H22N4O3. The molecule has 7 nitrogen and oxygen atoms in total. The zero-order valence-corrected chi connectivity index (χ0v) is 15.1. The van der Waals surface area contributed by atoms with Crippen LogP contribution in [0.4, 0.5) is 0 Å².